The fraction of sp³-hybridized carbons (Fsp3) is 0.625. The van der Waals surface area contributed by atoms with Crippen molar-refractivity contribution < 1.29 is 18.7 Å². The monoisotopic (exact) mass is 293 g/mol. The normalized spacial score (nSPS) is 20.2. The lowest BCUT2D eigenvalue weighted by Crippen LogP contribution is -2.43. The molecule has 1 unspecified atom stereocenters. The van der Waals surface area contributed by atoms with Gasteiger partial charge < -0.3 is 9.15 Å². The fourth-order valence-corrected chi connectivity index (χ4v) is 2.47. The van der Waals surface area contributed by atoms with Gasteiger partial charge >= 0.3 is 6.09 Å². The number of hydrogen-bond acceptors (Lipinski definition) is 4. The first-order chi connectivity index (χ1) is 9.87. The highest BCUT2D eigenvalue weighted by molar-refractivity contribution is 5.93. The summed E-state index contributed by atoms with van der Waals surface area (Å²) in [5.41, 5.74) is -0.597. The van der Waals surface area contributed by atoms with Crippen LogP contribution in [-0.4, -0.2) is 29.0 Å². The van der Waals surface area contributed by atoms with Gasteiger partial charge in [0.2, 0.25) is 5.91 Å². The number of rotatable bonds is 2. The Bertz CT molecular complexity index is 487. The van der Waals surface area contributed by atoms with E-state index in [0.29, 0.717) is 13.0 Å². The number of furan rings is 1. The molecule has 0 bridgehead atoms. The van der Waals surface area contributed by atoms with E-state index in [0.717, 1.165) is 25.0 Å². The van der Waals surface area contributed by atoms with Crippen molar-refractivity contribution in [1.82, 2.24) is 4.90 Å². The van der Waals surface area contributed by atoms with Crippen LogP contribution in [0.25, 0.3) is 0 Å². The molecule has 1 aliphatic heterocycles. The van der Waals surface area contributed by atoms with E-state index in [-0.39, 0.29) is 11.8 Å². The summed E-state index contributed by atoms with van der Waals surface area (Å²) in [6.07, 6.45) is 4.11. The van der Waals surface area contributed by atoms with Crippen molar-refractivity contribution in [3.63, 3.8) is 0 Å². The molecular weight excluding hydrogens is 270 g/mol. The third-order valence-electron chi connectivity index (χ3n) is 3.44. The summed E-state index contributed by atoms with van der Waals surface area (Å²) in [5.74, 6) is 0.406. The van der Waals surface area contributed by atoms with Crippen molar-refractivity contribution >= 4 is 12.0 Å². The average molecular weight is 293 g/mol. The number of imide groups is 1. The van der Waals surface area contributed by atoms with Crippen LogP contribution in [0.1, 0.15) is 45.8 Å². The highest BCUT2D eigenvalue weighted by atomic mass is 16.6. The van der Waals surface area contributed by atoms with Crippen molar-refractivity contribution in [2.75, 3.05) is 6.54 Å². The topological polar surface area (TPSA) is 59.8 Å². The molecule has 0 saturated carbocycles. The van der Waals surface area contributed by atoms with Gasteiger partial charge in [-0.25, -0.2) is 9.69 Å². The van der Waals surface area contributed by atoms with Crippen LogP contribution in [0, 0.1) is 5.92 Å². The van der Waals surface area contributed by atoms with E-state index in [2.05, 4.69) is 0 Å². The zero-order chi connectivity index (χ0) is 15.5. The fourth-order valence-electron chi connectivity index (χ4n) is 2.47. The second kappa shape index (κ2) is 6.33. The molecule has 2 heterocycles. The molecule has 1 aliphatic rings. The molecule has 1 aromatic rings. The Labute approximate surface area is 125 Å². The largest absolute Gasteiger partial charge is 0.469 e. The van der Waals surface area contributed by atoms with Crippen molar-refractivity contribution in [3.05, 3.63) is 24.2 Å². The van der Waals surface area contributed by atoms with Crippen molar-refractivity contribution in [1.29, 1.82) is 0 Å². The van der Waals surface area contributed by atoms with Crippen LogP contribution >= 0.6 is 0 Å². The maximum atomic E-state index is 12.6. The van der Waals surface area contributed by atoms with Crippen molar-refractivity contribution in [3.8, 4) is 0 Å². The third-order valence-corrected chi connectivity index (χ3v) is 3.44. The minimum Gasteiger partial charge on any atom is -0.469 e. The molecule has 1 atom stereocenters. The van der Waals surface area contributed by atoms with Gasteiger partial charge in [0.25, 0.3) is 0 Å². The molecule has 116 valence electrons. The number of nitrogens with zero attached hydrogens (tertiary/aromatic N) is 1. The van der Waals surface area contributed by atoms with E-state index in [1.165, 1.54) is 4.90 Å². The number of amides is 2. The van der Waals surface area contributed by atoms with Gasteiger partial charge in [0.15, 0.2) is 0 Å². The van der Waals surface area contributed by atoms with Crippen molar-refractivity contribution in [2.24, 2.45) is 5.92 Å². The van der Waals surface area contributed by atoms with Crippen LogP contribution in [0.3, 0.4) is 0 Å². The van der Waals surface area contributed by atoms with Crippen LogP contribution < -0.4 is 0 Å². The van der Waals surface area contributed by atoms with E-state index < -0.39 is 11.7 Å². The molecule has 1 aromatic heterocycles. The third kappa shape index (κ3) is 4.34. The number of carbonyl (C=O) groups is 2. The predicted octanol–water partition coefficient (Wildman–Crippen LogP) is 3.39. The smallest absolute Gasteiger partial charge is 0.417 e. The number of carbonyl (C=O) groups excluding carboxylic acids is 2. The zero-order valence-electron chi connectivity index (χ0n) is 12.9. The first-order valence-corrected chi connectivity index (χ1v) is 7.43. The van der Waals surface area contributed by atoms with Crippen LogP contribution in [0.15, 0.2) is 22.8 Å². The maximum absolute atomic E-state index is 12.6. The Balaban J connectivity index is 2.07. The van der Waals surface area contributed by atoms with Gasteiger partial charge in [0, 0.05) is 18.9 Å². The molecule has 0 N–H and O–H groups in total. The molecule has 0 aliphatic carbocycles. The number of hydrogen-bond donors (Lipinski definition) is 0. The first-order valence-electron chi connectivity index (χ1n) is 7.43. The standard InChI is InChI=1S/C16H23NO4/c1-16(2,3)21-15(19)17-9-5-4-7-12(14(17)18)11-13-8-6-10-20-13/h6,8,10,12H,4-5,7,9,11H2,1-3H3. The predicted molar refractivity (Wildman–Crippen MR) is 77.7 cm³/mol. The van der Waals surface area contributed by atoms with Crippen molar-refractivity contribution in [2.45, 2.75) is 52.1 Å². The van der Waals surface area contributed by atoms with E-state index >= 15 is 0 Å². The molecule has 5 nitrogen and oxygen atoms in total. The second-order valence-electron chi connectivity index (χ2n) is 6.45. The average Bonchev–Trinajstić information content (AvgIpc) is 2.80. The molecule has 0 spiro atoms. The molecule has 0 aromatic carbocycles. The molecule has 1 saturated heterocycles. The lowest BCUT2D eigenvalue weighted by Gasteiger charge is -2.26. The lowest BCUT2D eigenvalue weighted by atomic mass is 9.97. The number of ether oxygens (including phenoxy) is 1. The highest BCUT2D eigenvalue weighted by Gasteiger charge is 2.34. The van der Waals surface area contributed by atoms with Crippen LogP contribution in [0.2, 0.25) is 0 Å². The van der Waals surface area contributed by atoms with Gasteiger partial charge in [-0.3, -0.25) is 4.79 Å². The zero-order valence-corrected chi connectivity index (χ0v) is 12.9. The van der Waals surface area contributed by atoms with Gasteiger partial charge in [0.05, 0.1) is 6.26 Å². The van der Waals surface area contributed by atoms with Crippen LogP contribution in [-0.2, 0) is 16.0 Å². The van der Waals surface area contributed by atoms with Gasteiger partial charge in [-0.1, -0.05) is 6.42 Å². The molecule has 2 rings (SSSR count). The summed E-state index contributed by atoms with van der Waals surface area (Å²) >= 11 is 0. The number of likely N-dealkylation sites (tertiary alicyclic amines) is 1. The van der Waals surface area contributed by atoms with E-state index in [4.69, 9.17) is 9.15 Å². The summed E-state index contributed by atoms with van der Waals surface area (Å²) in [4.78, 5) is 26.0. The summed E-state index contributed by atoms with van der Waals surface area (Å²) < 4.78 is 10.6. The molecule has 5 heteroatoms. The Morgan fingerprint density at radius 1 is 1.43 bits per heavy atom. The summed E-state index contributed by atoms with van der Waals surface area (Å²) in [7, 11) is 0. The Morgan fingerprint density at radius 2 is 2.19 bits per heavy atom. The minimum atomic E-state index is -0.597. The van der Waals surface area contributed by atoms with Gasteiger partial charge in [0.1, 0.15) is 11.4 Å². The van der Waals surface area contributed by atoms with Gasteiger partial charge in [-0.15, -0.1) is 0 Å². The molecule has 1 fully saturated rings. The maximum Gasteiger partial charge on any atom is 0.417 e. The quantitative estimate of drug-likeness (QED) is 0.838. The minimum absolute atomic E-state index is 0.154. The van der Waals surface area contributed by atoms with Gasteiger partial charge in [-0.2, -0.15) is 0 Å². The van der Waals surface area contributed by atoms with E-state index in [9.17, 15) is 9.59 Å². The van der Waals surface area contributed by atoms with Crippen LogP contribution in [0.5, 0.6) is 0 Å². The molecular formula is C16H23NO4. The Hall–Kier alpha value is -1.78. The first kappa shape index (κ1) is 15.6. The highest BCUT2D eigenvalue weighted by Crippen LogP contribution is 2.23. The lowest BCUT2D eigenvalue weighted by molar-refractivity contribution is -0.134. The van der Waals surface area contributed by atoms with Gasteiger partial charge in [-0.05, 0) is 45.7 Å². The summed E-state index contributed by atoms with van der Waals surface area (Å²) in [6, 6.07) is 3.66. The second-order valence-corrected chi connectivity index (χ2v) is 6.45. The Morgan fingerprint density at radius 3 is 2.81 bits per heavy atom. The Kier molecular flexibility index (Phi) is 4.70. The molecule has 2 amide bonds. The molecule has 21 heavy (non-hydrogen) atoms. The van der Waals surface area contributed by atoms with E-state index in [1.807, 2.05) is 12.1 Å². The summed E-state index contributed by atoms with van der Waals surface area (Å²) in [6.45, 7) is 5.83. The van der Waals surface area contributed by atoms with Crippen LogP contribution in [0.4, 0.5) is 4.79 Å². The SMILES string of the molecule is CC(C)(C)OC(=O)N1CCCCC(Cc2ccco2)C1=O. The molecule has 0 radical (unpaired) electrons. The van der Waals surface area contributed by atoms with E-state index in [1.54, 1.807) is 27.0 Å². The summed E-state index contributed by atoms with van der Waals surface area (Å²) in [5, 5.41) is 0.